The molecule has 2 aromatic carbocycles. The molecular formula is C19H20ClN5O2. The third-order valence-electron chi connectivity index (χ3n) is 4.28. The third kappa shape index (κ3) is 4.25. The SMILES string of the molecule is CCc1ccc([C@H](C)NC(=O)Cn2nnn(-c3ccccc3Cl)c2=O)cc1. The average molecular weight is 386 g/mol. The van der Waals surface area contributed by atoms with Crippen LogP contribution in [0.1, 0.15) is 31.0 Å². The number of carbonyl (C=O) groups is 1. The minimum atomic E-state index is -0.529. The fourth-order valence-electron chi connectivity index (χ4n) is 2.70. The maximum atomic E-state index is 12.4. The number of rotatable bonds is 6. The van der Waals surface area contributed by atoms with E-state index in [1.54, 1.807) is 24.3 Å². The lowest BCUT2D eigenvalue weighted by Crippen LogP contribution is -2.34. The first kappa shape index (κ1) is 18.8. The number of nitrogens with zero attached hydrogens (tertiary/aromatic N) is 4. The summed E-state index contributed by atoms with van der Waals surface area (Å²) in [5.74, 6) is -0.324. The number of hydrogen-bond acceptors (Lipinski definition) is 4. The van der Waals surface area contributed by atoms with Gasteiger partial charge in [0.25, 0.3) is 0 Å². The van der Waals surface area contributed by atoms with Gasteiger partial charge in [-0.1, -0.05) is 54.9 Å². The number of tetrazole rings is 1. The van der Waals surface area contributed by atoms with E-state index in [1.807, 2.05) is 31.2 Å². The molecule has 0 radical (unpaired) electrons. The molecule has 7 nitrogen and oxygen atoms in total. The van der Waals surface area contributed by atoms with Gasteiger partial charge in [-0.3, -0.25) is 4.79 Å². The maximum absolute atomic E-state index is 12.4. The fourth-order valence-corrected chi connectivity index (χ4v) is 2.91. The fraction of sp³-hybridized carbons (Fsp3) is 0.263. The molecule has 0 unspecified atom stereocenters. The lowest BCUT2D eigenvalue weighted by molar-refractivity contribution is -0.122. The van der Waals surface area contributed by atoms with Gasteiger partial charge in [0.1, 0.15) is 6.54 Å². The minimum Gasteiger partial charge on any atom is -0.348 e. The Bertz CT molecular complexity index is 994. The predicted octanol–water partition coefficient (Wildman–Crippen LogP) is 2.52. The van der Waals surface area contributed by atoms with Crippen molar-refractivity contribution >= 4 is 17.5 Å². The number of carbonyl (C=O) groups excluding carboxylic acids is 1. The highest BCUT2D eigenvalue weighted by Gasteiger charge is 2.15. The molecule has 27 heavy (non-hydrogen) atoms. The molecule has 0 saturated heterocycles. The van der Waals surface area contributed by atoms with Crippen molar-refractivity contribution in [2.24, 2.45) is 0 Å². The zero-order chi connectivity index (χ0) is 19.4. The Hall–Kier alpha value is -2.93. The van der Waals surface area contributed by atoms with Crippen LogP contribution in [0.25, 0.3) is 5.69 Å². The van der Waals surface area contributed by atoms with Gasteiger partial charge < -0.3 is 5.32 Å². The van der Waals surface area contributed by atoms with Crippen LogP contribution in [0.3, 0.4) is 0 Å². The van der Waals surface area contributed by atoms with E-state index in [-0.39, 0.29) is 18.5 Å². The number of nitrogens with one attached hydrogen (secondary N) is 1. The highest BCUT2D eigenvalue weighted by molar-refractivity contribution is 6.32. The van der Waals surface area contributed by atoms with Gasteiger partial charge in [-0.25, -0.2) is 4.79 Å². The molecule has 3 rings (SSSR count). The molecule has 0 fully saturated rings. The van der Waals surface area contributed by atoms with Crippen molar-refractivity contribution in [1.82, 2.24) is 25.1 Å². The Labute approximate surface area is 161 Å². The van der Waals surface area contributed by atoms with Gasteiger partial charge in [0, 0.05) is 0 Å². The quantitative estimate of drug-likeness (QED) is 0.706. The molecule has 0 spiro atoms. The van der Waals surface area contributed by atoms with Crippen LogP contribution in [0.15, 0.2) is 53.3 Å². The van der Waals surface area contributed by atoms with Crippen molar-refractivity contribution in [2.75, 3.05) is 0 Å². The van der Waals surface area contributed by atoms with Crippen molar-refractivity contribution in [2.45, 2.75) is 32.9 Å². The first-order valence-electron chi connectivity index (χ1n) is 8.65. The van der Waals surface area contributed by atoms with Crippen LogP contribution in [0.2, 0.25) is 5.02 Å². The van der Waals surface area contributed by atoms with Gasteiger partial charge in [0.2, 0.25) is 5.91 Å². The van der Waals surface area contributed by atoms with Gasteiger partial charge in [-0.15, -0.1) is 0 Å². The molecule has 1 atom stereocenters. The average Bonchev–Trinajstić information content (AvgIpc) is 3.02. The summed E-state index contributed by atoms with van der Waals surface area (Å²) in [7, 11) is 0. The van der Waals surface area contributed by atoms with Gasteiger partial charge >= 0.3 is 5.69 Å². The molecule has 0 saturated carbocycles. The molecule has 1 N–H and O–H groups in total. The van der Waals surface area contributed by atoms with E-state index in [0.29, 0.717) is 10.7 Å². The number of halogens is 1. The number of aromatic nitrogens is 4. The maximum Gasteiger partial charge on any atom is 0.369 e. The summed E-state index contributed by atoms with van der Waals surface area (Å²) in [6.07, 6.45) is 0.963. The molecule has 0 aliphatic rings. The summed E-state index contributed by atoms with van der Waals surface area (Å²) in [5, 5.41) is 10.8. The second-order valence-electron chi connectivity index (χ2n) is 6.17. The van der Waals surface area contributed by atoms with E-state index >= 15 is 0 Å². The Balaban J connectivity index is 1.69. The minimum absolute atomic E-state index is 0.183. The summed E-state index contributed by atoms with van der Waals surface area (Å²) < 4.78 is 2.08. The van der Waals surface area contributed by atoms with E-state index < -0.39 is 5.69 Å². The monoisotopic (exact) mass is 385 g/mol. The number of para-hydroxylation sites is 1. The second kappa shape index (κ2) is 8.18. The van der Waals surface area contributed by atoms with Crippen LogP contribution in [-0.2, 0) is 17.8 Å². The summed E-state index contributed by atoms with van der Waals surface area (Å²) >= 11 is 6.09. The van der Waals surface area contributed by atoms with E-state index in [4.69, 9.17) is 11.6 Å². The van der Waals surface area contributed by atoms with Gasteiger partial charge in [0.05, 0.1) is 16.8 Å². The van der Waals surface area contributed by atoms with Crippen molar-refractivity contribution in [1.29, 1.82) is 0 Å². The van der Waals surface area contributed by atoms with E-state index in [1.165, 1.54) is 5.56 Å². The van der Waals surface area contributed by atoms with Crippen molar-refractivity contribution in [3.63, 3.8) is 0 Å². The van der Waals surface area contributed by atoms with Crippen molar-refractivity contribution in [3.05, 3.63) is 75.2 Å². The number of benzene rings is 2. The second-order valence-corrected chi connectivity index (χ2v) is 6.57. The zero-order valence-electron chi connectivity index (χ0n) is 15.1. The summed E-state index contributed by atoms with van der Waals surface area (Å²) in [6.45, 7) is 3.76. The lowest BCUT2D eigenvalue weighted by Gasteiger charge is -2.14. The molecule has 1 amide bonds. The Kier molecular flexibility index (Phi) is 5.71. The first-order chi connectivity index (χ1) is 13.0. The first-order valence-corrected chi connectivity index (χ1v) is 9.03. The van der Waals surface area contributed by atoms with Crippen molar-refractivity contribution < 1.29 is 4.79 Å². The Morgan fingerprint density at radius 1 is 1.15 bits per heavy atom. The number of amides is 1. The molecule has 1 aromatic heterocycles. The van der Waals surface area contributed by atoms with Crippen LogP contribution >= 0.6 is 11.6 Å². The van der Waals surface area contributed by atoms with Gasteiger partial charge in [-0.05, 0) is 47.0 Å². The van der Waals surface area contributed by atoms with Crippen LogP contribution in [-0.4, -0.2) is 25.7 Å². The normalized spacial score (nSPS) is 12.0. The van der Waals surface area contributed by atoms with E-state index in [2.05, 4.69) is 22.7 Å². The molecular weight excluding hydrogens is 366 g/mol. The molecule has 0 aliphatic carbocycles. The Morgan fingerprint density at radius 2 is 1.85 bits per heavy atom. The summed E-state index contributed by atoms with van der Waals surface area (Å²) in [5.41, 5.74) is 2.12. The van der Waals surface area contributed by atoms with Crippen LogP contribution < -0.4 is 11.0 Å². The van der Waals surface area contributed by atoms with Gasteiger partial charge in [-0.2, -0.15) is 9.36 Å². The predicted molar refractivity (Wildman–Crippen MR) is 103 cm³/mol. The molecule has 8 heteroatoms. The molecule has 1 heterocycles. The van der Waals surface area contributed by atoms with Crippen LogP contribution in [0.4, 0.5) is 0 Å². The van der Waals surface area contributed by atoms with E-state index in [9.17, 15) is 9.59 Å². The van der Waals surface area contributed by atoms with Crippen molar-refractivity contribution in [3.8, 4) is 5.69 Å². The summed E-state index contributed by atoms with van der Waals surface area (Å²) in [4.78, 5) is 24.8. The lowest BCUT2D eigenvalue weighted by atomic mass is 10.1. The number of aryl methyl sites for hydroxylation is 1. The number of hydrogen-bond donors (Lipinski definition) is 1. The smallest absolute Gasteiger partial charge is 0.348 e. The van der Waals surface area contributed by atoms with E-state index in [0.717, 1.165) is 21.3 Å². The highest BCUT2D eigenvalue weighted by atomic mass is 35.5. The van der Waals surface area contributed by atoms with Crippen LogP contribution in [0.5, 0.6) is 0 Å². The molecule has 140 valence electrons. The molecule has 0 bridgehead atoms. The topological polar surface area (TPSA) is 81.8 Å². The summed E-state index contributed by atoms with van der Waals surface area (Å²) in [6, 6.07) is 14.7. The molecule has 3 aromatic rings. The van der Waals surface area contributed by atoms with Crippen LogP contribution in [0, 0.1) is 0 Å². The Morgan fingerprint density at radius 3 is 2.52 bits per heavy atom. The molecule has 0 aliphatic heterocycles. The standard InChI is InChI=1S/C19H20ClN5O2/c1-3-14-8-10-15(11-9-14)13(2)21-18(26)12-24-19(27)25(23-22-24)17-7-5-4-6-16(17)20/h4-11,13H,3,12H2,1-2H3,(H,21,26)/t13-/m0/s1. The largest absolute Gasteiger partial charge is 0.369 e. The highest BCUT2D eigenvalue weighted by Crippen LogP contribution is 2.17. The van der Waals surface area contributed by atoms with Gasteiger partial charge in [0.15, 0.2) is 0 Å². The third-order valence-corrected chi connectivity index (χ3v) is 4.60. The zero-order valence-corrected chi connectivity index (χ0v) is 15.8.